The van der Waals surface area contributed by atoms with Gasteiger partial charge >= 0.3 is 0 Å². The molecule has 0 unspecified atom stereocenters. The summed E-state index contributed by atoms with van der Waals surface area (Å²) < 4.78 is 0. The summed E-state index contributed by atoms with van der Waals surface area (Å²) in [5.41, 5.74) is 1.49. The molecular weight excluding hydrogens is 196 g/mol. The SMILES string of the molecule is C[Si](C)(Cc1ccccc1)C1=CC=CC1. The lowest BCUT2D eigenvalue weighted by Gasteiger charge is -2.24. The quantitative estimate of drug-likeness (QED) is 0.669. The molecule has 1 aliphatic carbocycles. The van der Waals surface area contributed by atoms with E-state index in [0.29, 0.717) is 0 Å². The van der Waals surface area contributed by atoms with Gasteiger partial charge in [-0.25, -0.2) is 0 Å². The van der Waals surface area contributed by atoms with Gasteiger partial charge in [0.1, 0.15) is 0 Å². The molecule has 0 bridgehead atoms. The van der Waals surface area contributed by atoms with Crippen molar-refractivity contribution in [2.75, 3.05) is 0 Å². The molecule has 0 N–H and O–H groups in total. The first-order valence-electron chi connectivity index (χ1n) is 5.58. The van der Waals surface area contributed by atoms with Crippen LogP contribution in [0.25, 0.3) is 0 Å². The van der Waals surface area contributed by atoms with Crippen molar-refractivity contribution < 1.29 is 0 Å². The molecule has 0 aliphatic heterocycles. The van der Waals surface area contributed by atoms with E-state index in [9.17, 15) is 0 Å². The highest BCUT2D eigenvalue weighted by Gasteiger charge is 2.26. The predicted molar refractivity (Wildman–Crippen MR) is 69.5 cm³/mol. The minimum Gasteiger partial charge on any atom is -0.0809 e. The molecule has 1 heteroatoms. The summed E-state index contributed by atoms with van der Waals surface area (Å²) in [4.78, 5) is 0. The molecule has 0 amide bonds. The molecule has 1 aromatic rings. The second-order valence-electron chi connectivity index (χ2n) is 4.87. The van der Waals surface area contributed by atoms with E-state index in [1.54, 1.807) is 5.20 Å². The van der Waals surface area contributed by atoms with E-state index in [-0.39, 0.29) is 0 Å². The topological polar surface area (TPSA) is 0 Å². The lowest BCUT2D eigenvalue weighted by molar-refractivity contribution is 1.26. The molecule has 0 nitrogen and oxygen atoms in total. The number of hydrogen-bond acceptors (Lipinski definition) is 0. The number of allylic oxidation sites excluding steroid dienone is 4. The smallest absolute Gasteiger partial charge is 0.0801 e. The van der Waals surface area contributed by atoms with Crippen LogP contribution in [0.5, 0.6) is 0 Å². The van der Waals surface area contributed by atoms with Crippen LogP contribution in [-0.2, 0) is 6.04 Å². The Hall–Kier alpha value is -1.08. The molecule has 0 heterocycles. The van der Waals surface area contributed by atoms with Crippen LogP contribution in [0.2, 0.25) is 13.1 Å². The van der Waals surface area contributed by atoms with Gasteiger partial charge < -0.3 is 0 Å². The summed E-state index contributed by atoms with van der Waals surface area (Å²) in [7, 11) is -1.21. The van der Waals surface area contributed by atoms with Gasteiger partial charge in [-0.15, -0.1) is 0 Å². The van der Waals surface area contributed by atoms with Crippen molar-refractivity contribution in [1.82, 2.24) is 0 Å². The lowest BCUT2D eigenvalue weighted by Crippen LogP contribution is -2.32. The second kappa shape index (κ2) is 4.19. The van der Waals surface area contributed by atoms with Crippen molar-refractivity contribution >= 4 is 8.07 Å². The number of benzene rings is 1. The summed E-state index contributed by atoms with van der Waals surface area (Å²) in [5, 5.41) is 1.69. The molecule has 0 spiro atoms. The normalized spacial score (nSPS) is 15.5. The maximum Gasteiger partial charge on any atom is 0.0801 e. The van der Waals surface area contributed by atoms with Gasteiger partial charge in [0.15, 0.2) is 0 Å². The summed E-state index contributed by atoms with van der Waals surface area (Å²) >= 11 is 0. The second-order valence-corrected chi connectivity index (χ2v) is 9.63. The Morgan fingerprint density at radius 2 is 1.87 bits per heavy atom. The van der Waals surface area contributed by atoms with E-state index in [1.807, 2.05) is 0 Å². The molecule has 0 saturated carbocycles. The van der Waals surface area contributed by atoms with Crippen molar-refractivity contribution in [3.05, 3.63) is 59.3 Å². The molecule has 0 fully saturated rings. The van der Waals surface area contributed by atoms with Crippen molar-refractivity contribution in [2.45, 2.75) is 25.6 Å². The fraction of sp³-hybridized carbons (Fsp3) is 0.286. The Kier molecular flexibility index (Phi) is 2.92. The fourth-order valence-corrected chi connectivity index (χ4v) is 4.87. The third-order valence-corrected chi connectivity index (χ3v) is 6.53. The van der Waals surface area contributed by atoms with Crippen molar-refractivity contribution in [3.63, 3.8) is 0 Å². The monoisotopic (exact) mass is 214 g/mol. The standard InChI is InChI=1S/C14H18Si/c1-15(2,14-10-6-7-11-14)12-13-8-4-3-5-9-13/h3-10H,11-12H2,1-2H3. The summed E-state index contributed by atoms with van der Waals surface area (Å²) in [6.07, 6.45) is 7.99. The van der Waals surface area contributed by atoms with E-state index >= 15 is 0 Å². The van der Waals surface area contributed by atoms with Crippen LogP contribution >= 0.6 is 0 Å². The first-order chi connectivity index (χ1) is 7.18. The first kappa shape index (κ1) is 10.4. The van der Waals surface area contributed by atoms with Crippen LogP contribution in [0, 0.1) is 0 Å². The molecule has 2 rings (SSSR count). The van der Waals surface area contributed by atoms with Crippen LogP contribution in [0.3, 0.4) is 0 Å². The van der Waals surface area contributed by atoms with Gasteiger partial charge in [-0.1, -0.05) is 72.4 Å². The van der Waals surface area contributed by atoms with E-state index in [2.05, 4.69) is 61.7 Å². The Bertz CT molecular complexity index is 385. The lowest BCUT2D eigenvalue weighted by atomic mass is 10.2. The van der Waals surface area contributed by atoms with Gasteiger partial charge in [-0.05, 0) is 12.5 Å². The van der Waals surface area contributed by atoms with Crippen LogP contribution in [0.15, 0.2) is 53.8 Å². The minimum absolute atomic E-state index is 1.19. The fourth-order valence-electron chi connectivity index (χ4n) is 2.17. The van der Waals surface area contributed by atoms with Gasteiger partial charge in [-0.3, -0.25) is 0 Å². The molecule has 0 saturated heterocycles. The maximum absolute atomic E-state index is 2.47. The van der Waals surface area contributed by atoms with Crippen LogP contribution in [0.1, 0.15) is 12.0 Å². The summed E-state index contributed by atoms with van der Waals surface area (Å²) in [6.45, 7) is 4.94. The van der Waals surface area contributed by atoms with Crippen LogP contribution in [-0.4, -0.2) is 8.07 Å². The largest absolute Gasteiger partial charge is 0.0809 e. The highest BCUT2D eigenvalue weighted by molar-refractivity contribution is 6.83. The minimum atomic E-state index is -1.21. The van der Waals surface area contributed by atoms with Gasteiger partial charge in [-0.2, -0.15) is 0 Å². The van der Waals surface area contributed by atoms with Crippen LogP contribution < -0.4 is 0 Å². The zero-order valence-electron chi connectivity index (χ0n) is 9.53. The molecule has 0 atom stereocenters. The van der Waals surface area contributed by atoms with Crippen molar-refractivity contribution in [3.8, 4) is 0 Å². The number of rotatable bonds is 3. The van der Waals surface area contributed by atoms with Crippen LogP contribution in [0.4, 0.5) is 0 Å². The van der Waals surface area contributed by atoms with E-state index in [4.69, 9.17) is 0 Å². The Balaban J connectivity index is 2.11. The van der Waals surface area contributed by atoms with Gasteiger partial charge in [0, 0.05) is 0 Å². The first-order valence-corrected chi connectivity index (χ1v) is 8.79. The Morgan fingerprint density at radius 3 is 2.47 bits per heavy atom. The number of hydrogen-bond donors (Lipinski definition) is 0. The zero-order chi connectivity index (χ0) is 10.7. The van der Waals surface area contributed by atoms with Gasteiger partial charge in [0.2, 0.25) is 0 Å². The average Bonchev–Trinajstić information content (AvgIpc) is 2.71. The van der Waals surface area contributed by atoms with E-state index in [0.717, 1.165) is 0 Å². The highest BCUT2D eigenvalue weighted by Crippen LogP contribution is 2.26. The van der Waals surface area contributed by atoms with Crippen molar-refractivity contribution in [1.29, 1.82) is 0 Å². The molecule has 0 aromatic heterocycles. The van der Waals surface area contributed by atoms with E-state index in [1.165, 1.54) is 18.0 Å². The van der Waals surface area contributed by atoms with Gasteiger partial charge in [0.05, 0.1) is 8.07 Å². The van der Waals surface area contributed by atoms with Gasteiger partial charge in [0.25, 0.3) is 0 Å². The highest BCUT2D eigenvalue weighted by atomic mass is 28.3. The zero-order valence-corrected chi connectivity index (χ0v) is 10.5. The molecular formula is C14H18Si. The molecule has 1 aliphatic rings. The van der Waals surface area contributed by atoms with E-state index < -0.39 is 8.07 Å². The third kappa shape index (κ3) is 2.48. The summed E-state index contributed by atoms with van der Waals surface area (Å²) in [5.74, 6) is 0. The summed E-state index contributed by atoms with van der Waals surface area (Å²) in [6, 6.07) is 12.1. The molecule has 15 heavy (non-hydrogen) atoms. The third-order valence-electron chi connectivity index (χ3n) is 3.13. The predicted octanol–water partition coefficient (Wildman–Crippen LogP) is 3.90. The Labute approximate surface area is 93.3 Å². The molecule has 0 radical (unpaired) electrons. The Morgan fingerprint density at radius 1 is 1.13 bits per heavy atom. The maximum atomic E-state index is 2.47. The molecule has 1 aromatic carbocycles. The average molecular weight is 214 g/mol. The molecule has 78 valence electrons. The van der Waals surface area contributed by atoms with Crippen molar-refractivity contribution in [2.24, 2.45) is 0 Å².